The fourth-order valence-electron chi connectivity index (χ4n) is 4.86. The number of anilines is 1. The number of hydrogen-bond donors (Lipinski definition) is 1. The number of methoxy groups -OCH3 is 1. The predicted molar refractivity (Wildman–Crippen MR) is 134 cm³/mol. The van der Waals surface area contributed by atoms with Crippen molar-refractivity contribution in [3.05, 3.63) is 33.9 Å². The van der Waals surface area contributed by atoms with Crippen molar-refractivity contribution >= 4 is 34.3 Å². The summed E-state index contributed by atoms with van der Waals surface area (Å²) in [5, 5.41) is 3.14. The fourth-order valence-corrected chi connectivity index (χ4v) is 4.86. The fraction of sp³-hybridized carbons (Fsp3) is 0.538. The lowest BCUT2D eigenvalue weighted by Gasteiger charge is -2.25. The number of aromatic nitrogens is 1. The molecule has 2 aromatic rings. The Morgan fingerprint density at radius 2 is 1.78 bits per heavy atom. The summed E-state index contributed by atoms with van der Waals surface area (Å²) in [5.41, 5.74) is -0.568. The van der Waals surface area contributed by atoms with E-state index in [1.807, 2.05) is 11.9 Å². The summed E-state index contributed by atoms with van der Waals surface area (Å²) in [6.07, 6.45) is 3.74. The molecule has 37 heavy (non-hydrogen) atoms. The normalized spacial score (nSPS) is 17.4. The number of nitrogens with zero attached hydrogens (tertiary/aromatic N) is 2. The van der Waals surface area contributed by atoms with E-state index in [9.17, 15) is 19.2 Å². The number of likely N-dealkylation sites (N-methyl/N-ethyl adjacent to an activating group) is 1. The van der Waals surface area contributed by atoms with Gasteiger partial charge < -0.3 is 29.0 Å². The third-order valence-electron chi connectivity index (χ3n) is 6.83. The van der Waals surface area contributed by atoms with E-state index in [-0.39, 0.29) is 42.1 Å². The number of carbonyl (C=O) groups is 3. The van der Waals surface area contributed by atoms with E-state index in [0.717, 1.165) is 25.3 Å². The van der Waals surface area contributed by atoms with Crippen LogP contribution in [0.15, 0.2) is 17.1 Å². The number of pyridine rings is 1. The Hall–Kier alpha value is -3.47. The number of Topliss-reactive ketones (excluding diaryl/α,β-unsaturated/α-hetero) is 1. The second-order valence-corrected chi connectivity index (χ2v) is 9.17. The molecule has 2 heterocycles. The topological polar surface area (TPSA) is 116 Å². The highest BCUT2D eigenvalue weighted by Crippen LogP contribution is 2.44. The zero-order valence-electron chi connectivity index (χ0n) is 21.5. The van der Waals surface area contributed by atoms with Crippen molar-refractivity contribution in [2.45, 2.75) is 45.2 Å². The maximum atomic E-state index is 15.6. The zero-order chi connectivity index (χ0) is 26.9. The van der Waals surface area contributed by atoms with E-state index in [1.165, 1.54) is 27.2 Å². The summed E-state index contributed by atoms with van der Waals surface area (Å²) in [6, 6.07) is 1.25. The lowest BCUT2D eigenvalue weighted by Crippen LogP contribution is -2.37. The number of halogens is 1. The highest BCUT2D eigenvalue weighted by molar-refractivity contribution is 6.21. The van der Waals surface area contributed by atoms with Gasteiger partial charge in [0.15, 0.2) is 22.8 Å². The summed E-state index contributed by atoms with van der Waals surface area (Å²) < 4.78 is 32.9. The van der Waals surface area contributed by atoms with Gasteiger partial charge in [-0.1, -0.05) is 0 Å². The molecule has 1 unspecified atom stereocenters. The Morgan fingerprint density at radius 3 is 2.30 bits per heavy atom. The van der Waals surface area contributed by atoms with Crippen molar-refractivity contribution in [1.82, 2.24) is 9.88 Å². The number of benzene rings is 1. The number of rotatable bonds is 10. The van der Waals surface area contributed by atoms with Gasteiger partial charge in [0.2, 0.25) is 5.92 Å². The molecule has 2 fully saturated rings. The first kappa shape index (κ1) is 26.6. The van der Waals surface area contributed by atoms with E-state index in [4.69, 9.17) is 14.2 Å². The van der Waals surface area contributed by atoms with Gasteiger partial charge in [-0.2, -0.15) is 0 Å². The molecule has 0 bridgehead atoms. The van der Waals surface area contributed by atoms with Crippen LogP contribution < -0.4 is 20.4 Å². The highest BCUT2D eigenvalue weighted by atomic mass is 19.1. The molecular formula is C26H32FN3O7. The number of nitrogens with one attached hydrogen (secondary N) is 1. The summed E-state index contributed by atoms with van der Waals surface area (Å²) in [5.74, 6) is -5.64. The third-order valence-corrected chi connectivity index (χ3v) is 6.83. The minimum absolute atomic E-state index is 0.0471. The number of fused-ring (bicyclic) bond motifs is 1. The molecule has 1 N–H and O–H groups in total. The molecule has 11 heteroatoms. The van der Waals surface area contributed by atoms with Crippen LogP contribution in [0.3, 0.4) is 0 Å². The number of hydrogen-bond acceptors (Lipinski definition) is 9. The van der Waals surface area contributed by atoms with E-state index in [1.54, 1.807) is 4.57 Å². The Bertz CT molecular complexity index is 1270. The molecule has 1 saturated carbocycles. The smallest absolute Gasteiger partial charge is 0.328 e. The van der Waals surface area contributed by atoms with Gasteiger partial charge in [-0.15, -0.1) is 0 Å². The highest BCUT2D eigenvalue weighted by Gasteiger charge is 2.40. The van der Waals surface area contributed by atoms with Gasteiger partial charge in [-0.25, -0.2) is 4.39 Å². The largest absolute Gasteiger partial charge is 0.492 e. The van der Waals surface area contributed by atoms with Gasteiger partial charge in [-0.3, -0.25) is 19.2 Å². The lowest BCUT2D eigenvalue weighted by atomic mass is 9.96. The summed E-state index contributed by atoms with van der Waals surface area (Å²) in [7, 11) is 3.27. The molecule has 200 valence electrons. The average molecular weight is 518 g/mol. The van der Waals surface area contributed by atoms with E-state index < -0.39 is 40.4 Å². The Balaban J connectivity index is 1.91. The number of ketones is 1. The van der Waals surface area contributed by atoms with Crippen molar-refractivity contribution in [3.8, 4) is 5.75 Å². The predicted octanol–water partition coefficient (Wildman–Crippen LogP) is 2.21. The minimum atomic E-state index is -1.95. The van der Waals surface area contributed by atoms with Crippen LogP contribution in [-0.2, 0) is 19.1 Å². The molecule has 0 amide bonds. The van der Waals surface area contributed by atoms with Gasteiger partial charge in [0.25, 0.3) is 0 Å². The molecule has 1 atom stereocenters. The van der Waals surface area contributed by atoms with E-state index >= 15 is 4.39 Å². The summed E-state index contributed by atoms with van der Waals surface area (Å²) in [6.45, 7) is 4.11. The first-order valence-electron chi connectivity index (χ1n) is 12.5. The van der Waals surface area contributed by atoms with Gasteiger partial charge in [0.1, 0.15) is 5.69 Å². The van der Waals surface area contributed by atoms with Crippen molar-refractivity contribution < 1.29 is 33.0 Å². The first-order valence-corrected chi connectivity index (χ1v) is 12.5. The van der Waals surface area contributed by atoms with E-state index in [0.29, 0.717) is 18.6 Å². The van der Waals surface area contributed by atoms with Gasteiger partial charge in [-0.05, 0) is 46.2 Å². The quantitative estimate of drug-likeness (QED) is 0.288. The van der Waals surface area contributed by atoms with Crippen LogP contribution in [0.2, 0.25) is 0 Å². The van der Waals surface area contributed by atoms with Crippen LogP contribution in [0, 0.1) is 11.7 Å². The van der Waals surface area contributed by atoms with Crippen LogP contribution in [-0.4, -0.2) is 68.8 Å². The molecule has 1 aliphatic heterocycles. The number of esters is 2. The Kier molecular flexibility index (Phi) is 7.82. The molecule has 1 aromatic heterocycles. The average Bonchev–Trinajstić information content (AvgIpc) is 3.60. The molecule has 10 nitrogen and oxygen atoms in total. The van der Waals surface area contributed by atoms with Crippen LogP contribution >= 0.6 is 0 Å². The standard InChI is InChI=1S/C26H32FN3O7/c1-5-36-25(33)19(26(34)37-6-2)23(32)17-13-30(15-7-8-15)20-16(22(17)31)11-18(27)21(24(20)35-4)29-10-9-14(12-29)28-3/h11,13-15,19,28H,5-10,12H2,1-4H3. The summed E-state index contributed by atoms with van der Waals surface area (Å²) >= 11 is 0. The monoisotopic (exact) mass is 517 g/mol. The van der Waals surface area contributed by atoms with Gasteiger partial charge >= 0.3 is 11.9 Å². The SMILES string of the molecule is CCOC(=O)C(C(=O)OCC)C(=O)c1cn(C2CC2)c2c(OC)c(N3CCC(NC)C3)c(F)cc2c1=O. The van der Waals surface area contributed by atoms with Crippen molar-refractivity contribution in [2.75, 3.05) is 45.4 Å². The van der Waals surface area contributed by atoms with Crippen molar-refractivity contribution in [3.63, 3.8) is 0 Å². The van der Waals surface area contributed by atoms with Crippen molar-refractivity contribution in [1.29, 1.82) is 0 Å². The molecule has 0 radical (unpaired) electrons. The molecular weight excluding hydrogens is 485 g/mol. The second-order valence-electron chi connectivity index (χ2n) is 9.17. The minimum Gasteiger partial charge on any atom is -0.492 e. The Morgan fingerprint density at radius 1 is 1.14 bits per heavy atom. The molecule has 1 aromatic carbocycles. The van der Waals surface area contributed by atoms with Gasteiger partial charge in [0.05, 0.1) is 36.8 Å². The van der Waals surface area contributed by atoms with Gasteiger partial charge in [0, 0.05) is 31.4 Å². The van der Waals surface area contributed by atoms with Crippen LogP contribution in [0.5, 0.6) is 5.75 Å². The third kappa shape index (κ3) is 4.92. The molecule has 1 aliphatic carbocycles. The maximum Gasteiger partial charge on any atom is 0.328 e. The zero-order valence-corrected chi connectivity index (χ0v) is 21.5. The Labute approximate surface area is 213 Å². The second kappa shape index (κ2) is 10.9. The number of carbonyl (C=O) groups excluding carboxylic acids is 3. The van der Waals surface area contributed by atoms with Crippen LogP contribution in [0.25, 0.3) is 10.9 Å². The van der Waals surface area contributed by atoms with Crippen LogP contribution in [0.1, 0.15) is 49.5 Å². The van der Waals surface area contributed by atoms with Crippen LogP contribution in [0.4, 0.5) is 10.1 Å². The summed E-state index contributed by atoms with van der Waals surface area (Å²) in [4.78, 5) is 54.0. The van der Waals surface area contributed by atoms with Crippen molar-refractivity contribution in [2.24, 2.45) is 5.92 Å². The number of ether oxygens (including phenoxy) is 3. The molecule has 2 aliphatic rings. The lowest BCUT2D eigenvalue weighted by molar-refractivity contribution is -0.158. The molecule has 1 saturated heterocycles. The van der Waals surface area contributed by atoms with E-state index in [2.05, 4.69) is 5.32 Å². The molecule has 4 rings (SSSR count). The maximum absolute atomic E-state index is 15.6. The molecule has 0 spiro atoms. The first-order chi connectivity index (χ1) is 17.8.